The third-order valence-electron chi connectivity index (χ3n) is 3.09. The molecule has 0 unspecified atom stereocenters. The first-order valence-corrected chi connectivity index (χ1v) is 6.24. The third-order valence-corrected chi connectivity index (χ3v) is 3.09. The number of aromatic hydroxyl groups is 1. The monoisotopic (exact) mass is 252 g/mol. The maximum absolute atomic E-state index is 11.8. The third kappa shape index (κ3) is 3.10. The highest BCUT2D eigenvalue weighted by Crippen LogP contribution is 2.23. The lowest BCUT2D eigenvalue weighted by Gasteiger charge is -2.09. The van der Waals surface area contributed by atoms with Crippen molar-refractivity contribution >= 4 is 5.78 Å². The minimum absolute atomic E-state index is 0.0236. The van der Waals surface area contributed by atoms with Gasteiger partial charge in [-0.15, -0.1) is 0 Å². The van der Waals surface area contributed by atoms with Crippen molar-refractivity contribution in [3.8, 4) is 5.75 Å². The van der Waals surface area contributed by atoms with Crippen LogP contribution in [0.4, 0.5) is 0 Å². The van der Waals surface area contributed by atoms with Gasteiger partial charge in [0.1, 0.15) is 5.75 Å². The Labute approximate surface area is 113 Å². The van der Waals surface area contributed by atoms with Gasteiger partial charge in [0.15, 0.2) is 5.78 Å². The summed E-state index contributed by atoms with van der Waals surface area (Å²) in [5.41, 5.74) is 2.44. The molecule has 2 heteroatoms. The van der Waals surface area contributed by atoms with E-state index in [0.29, 0.717) is 12.0 Å². The van der Waals surface area contributed by atoms with Crippen LogP contribution in [0.5, 0.6) is 5.75 Å². The maximum atomic E-state index is 11.8. The second kappa shape index (κ2) is 6.01. The summed E-state index contributed by atoms with van der Waals surface area (Å²) in [4.78, 5) is 11.8. The molecule has 1 N–H and O–H groups in total. The molecule has 0 aliphatic carbocycles. The Bertz CT molecular complexity index is 585. The van der Waals surface area contributed by atoms with Gasteiger partial charge < -0.3 is 5.11 Å². The predicted octanol–water partition coefficient (Wildman–Crippen LogP) is 3.55. The van der Waals surface area contributed by atoms with Gasteiger partial charge in [-0.2, -0.15) is 0 Å². The first-order valence-electron chi connectivity index (χ1n) is 6.24. The molecule has 96 valence electrons. The average molecular weight is 252 g/mol. The van der Waals surface area contributed by atoms with Crippen molar-refractivity contribution < 1.29 is 9.90 Å². The number of hydrogen-bond acceptors (Lipinski definition) is 2. The van der Waals surface area contributed by atoms with Crippen LogP contribution in [0.2, 0.25) is 0 Å². The van der Waals surface area contributed by atoms with Crippen LogP contribution in [-0.2, 0) is 12.8 Å². The van der Waals surface area contributed by atoms with Gasteiger partial charge in [-0.25, -0.2) is 0 Å². The number of ketones is 1. The van der Waals surface area contributed by atoms with Crippen LogP contribution >= 0.6 is 0 Å². The molecule has 0 fully saturated rings. The van der Waals surface area contributed by atoms with Gasteiger partial charge in [0, 0.05) is 0 Å². The Hall–Kier alpha value is -2.35. The summed E-state index contributed by atoms with van der Waals surface area (Å²) < 4.78 is 0. The second-order valence-electron chi connectivity index (χ2n) is 4.37. The Morgan fingerprint density at radius 2 is 1.79 bits per heavy atom. The first kappa shape index (κ1) is 13.1. The summed E-state index contributed by atoms with van der Waals surface area (Å²) >= 11 is 0. The number of carbonyl (C=O) groups excluding carboxylic acids is 1. The SMILES string of the molecule is C=CC(=O)c1c(O)cccc1CCc1ccccc1. The van der Waals surface area contributed by atoms with Crippen LogP contribution in [0.3, 0.4) is 0 Å². The molecule has 0 saturated heterocycles. The van der Waals surface area contributed by atoms with Gasteiger partial charge in [0.25, 0.3) is 0 Å². The lowest BCUT2D eigenvalue weighted by atomic mass is 9.96. The van der Waals surface area contributed by atoms with Crippen molar-refractivity contribution in [2.45, 2.75) is 12.8 Å². The fourth-order valence-electron chi connectivity index (χ4n) is 2.11. The largest absolute Gasteiger partial charge is 0.507 e. The van der Waals surface area contributed by atoms with E-state index in [1.165, 1.54) is 17.7 Å². The lowest BCUT2D eigenvalue weighted by molar-refractivity contribution is 0.104. The highest BCUT2D eigenvalue weighted by Gasteiger charge is 2.13. The number of phenols is 1. The Morgan fingerprint density at radius 3 is 2.47 bits per heavy atom. The molecule has 0 spiro atoms. The molecule has 19 heavy (non-hydrogen) atoms. The quantitative estimate of drug-likeness (QED) is 0.652. The highest BCUT2D eigenvalue weighted by molar-refractivity contribution is 6.07. The lowest BCUT2D eigenvalue weighted by Crippen LogP contribution is -2.02. The first-order chi connectivity index (χ1) is 9.22. The Balaban J connectivity index is 2.23. The topological polar surface area (TPSA) is 37.3 Å². The molecule has 2 nitrogen and oxygen atoms in total. The van der Waals surface area contributed by atoms with Crippen molar-refractivity contribution in [2.75, 3.05) is 0 Å². The van der Waals surface area contributed by atoms with Crippen LogP contribution in [0.15, 0.2) is 61.2 Å². The van der Waals surface area contributed by atoms with Crippen LogP contribution in [0.25, 0.3) is 0 Å². The molecule has 2 aromatic carbocycles. The summed E-state index contributed by atoms with van der Waals surface area (Å²) in [6.07, 6.45) is 2.79. The van der Waals surface area contributed by atoms with Gasteiger partial charge in [-0.05, 0) is 36.1 Å². The number of benzene rings is 2. The van der Waals surface area contributed by atoms with Crippen LogP contribution in [0, 0.1) is 0 Å². The highest BCUT2D eigenvalue weighted by atomic mass is 16.3. The molecule has 0 aliphatic heterocycles. The Morgan fingerprint density at radius 1 is 1.05 bits per heavy atom. The summed E-state index contributed by atoms with van der Waals surface area (Å²) in [5, 5.41) is 9.82. The molecular formula is C17H16O2. The van der Waals surface area contributed by atoms with Crippen molar-refractivity contribution in [3.05, 3.63) is 77.9 Å². The zero-order valence-electron chi connectivity index (χ0n) is 10.7. The molecule has 2 aromatic rings. The number of rotatable bonds is 5. The number of phenolic OH excluding ortho intramolecular Hbond substituents is 1. The molecule has 0 amide bonds. The van der Waals surface area contributed by atoms with E-state index in [0.717, 1.165) is 12.0 Å². The van der Waals surface area contributed by atoms with Gasteiger partial charge in [0.05, 0.1) is 5.56 Å². The molecule has 0 atom stereocenters. The molecule has 2 rings (SSSR count). The average Bonchev–Trinajstić information content (AvgIpc) is 2.45. The summed E-state index contributed by atoms with van der Waals surface area (Å²) in [5.74, 6) is -0.211. The van der Waals surface area contributed by atoms with Crippen LogP contribution in [0.1, 0.15) is 21.5 Å². The Kier molecular flexibility index (Phi) is 4.14. The number of carbonyl (C=O) groups is 1. The van der Waals surface area contributed by atoms with Gasteiger partial charge >= 0.3 is 0 Å². The molecule has 0 aromatic heterocycles. The second-order valence-corrected chi connectivity index (χ2v) is 4.37. The minimum atomic E-state index is -0.235. The van der Waals surface area contributed by atoms with Crippen molar-refractivity contribution in [1.82, 2.24) is 0 Å². The maximum Gasteiger partial charge on any atom is 0.189 e. The molecule has 0 radical (unpaired) electrons. The smallest absolute Gasteiger partial charge is 0.189 e. The van der Waals surface area contributed by atoms with E-state index < -0.39 is 0 Å². The van der Waals surface area contributed by atoms with Crippen LogP contribution < -0.4 is 0 Å². The van der Waals surface area contributed by atoms with E-state index in [2.05, 4.69) is 18.7 Å². The summed E-state index contributed by atoms with van der Waals surface area (Å²) in [6.45, 7) is 3.48. The van der Waals surface area contributed by atoms with Gasteiger partial charge in [-0.3, -0.25) is 4.79 Å². The van der Waals surface area contributed by atoms with E-state index in [1.807, 2.05) is 24.3 Å². The number of aryl methyl sites for hydroxylation is 2. The molecule has 0 aliphatic rings. The van der Waals surface area contributed by atoms with Crippen molar-refractivity contribution in [1.29, 1.82) is 0 Å². The zero-order valence-corrected chi connectivity index (χ0v) is 10.7. The molecule has 0 bridgehead atoms. The minimum Gasteiger partial charge on any atom is -0.507 e. The van der Waals surface area contributed by atoms with E-state index in [-0.39, 0.29) is 11.5 Å². The molecular weight excluding hydrogens is 236 g/mol. The fourth-order valence-corrected chi connectivity index (χ4v) is 2.11. The van der Waals surface area contributed by atoms with E-state index in [4.69, 9.17) is 0 Å². The normalized spacial score (nSPS) is 10.1. The molecule has 0 saturated carbocycles. The van der Waals surface area contributed by atoms with E-state index in [9.17, 15) is 9.90 Å². The fraction of sp³-hybridized carbons (Fsp3) is 0.118. The van der Waals surface area contributed by atoms with Gasteiger partial charge in [-0.1, -0.05) is 49.0 Å². The van der Waals surface area contributed by atoms with E-state index >= 15 is 0 Å². The predicted molar refractivity (Wildman–Crippen MR) is 76.5 cm³/mol. The van der Waals surface area contributed by atoms with Crippen molar-refractivity contribution in [3.63, 3.8) is 0 Å². The number of hydrogen-bond donors (Lipinski definition) is 1. The van der Waals surface area contributed by atoms with Gasteiger partial charge in [0.2, 0.25) is 0 Å². The molecule has 0 heterocycles. The zero-order chi connectivity index (χ0) is 13.7. The van der Waals surface area contributed by atoms with Crippen LogP contribution in [-0.4, -0.2) is 10.9 Å². The van der Waals surface area contributed by atoms with Crippen molar-refractivity contribution in [2.24, 2.45) is 0 Å². The standard InChI is InChI=1S/C17H16O2/c1-2-15(18)17-14(9-6-10-16(17)19)12-11-13-7-4-3-5-8-13/h2-10,19H,1,11-12H2. The van der Waals surface area contributed by atoms with E-state index in [1.54, 1.807) is 6.07 Å². The summed E-state index contributed by atoms with van der Waals surface area (Å²) in [7, 11) is 0. The number of allylic oxidation sites excluding steroid dienone is 1. The summed E-state index contributed by atoms with van der Waals surface area (Å²) in [6, 6.07) is 15.2.